The van der Waals surface area contributed by atoms with Gasteiger partial charge in [0.1, 0.15) is 18.2 Å². The minimum Gasteiger partial charge on any atom is -0.476 e. The number of aliphatic imine (C=N–C) groups is 1. The van der Waals surface area contributed by atoms with Crippen molar-refractivity contribution >= 4 is 34.8 Å². The Labute approximate surface area is 120 Å². The summed E-state index contributed by atoms with van der Waals surface area (Å²) < 4.78 is 5.25. The summed E-state index contributed by atoms with van der Waals surface area (Å²) in [5.41, 5.74) is 6.89. The van der Waals surface area contributed by atoms with E-state index in [-0.39, 0.29) is 12.6 Å². The zero-order valence-electron chi connectivity index (χ0n) is 10.9. The number of nitrogens with two attached hydrogens (primary N) is 1. The van der Waals surface area contributed by atoms with Gasteiger partial charge in [0, 0.05) is 13.1 Å². The van der Waals surface area contributed by atoms with Gasteiger partial charge in [0.05, 0.1) is 4.88 Å². The molecule has 0 aliphatic carbocycles. The Morgan fingerprint density at radius 1 is 1.60 bits per heavy atom. The van der Waals surface area contributed by atoms with E-state index in [0.29, 0.717) is 16.6 Å². The molecule has 0 atom stereocenters. The van der Waals surface area contributed by atoms with Gasteiger partial charge in [-0.2, -0.15) is 0 Å². The highest BCUT2D eigenvalue weighted by Gasteiger charge is 2.09. The van der Waals surface area contributed by atoms with Gasteiger partial charge in [-0.05, 0) is 30.5 Å². The molecule has 0 aliphatic heterocycles. The van der Waals surface area contributed by atoms with Gasteiger partial charge in [-0.25, -0.2) is 4.98 Å². The first kappa shape index (κ1) is 14.2. The number of carbonyl (C=O) groups excluding carboxylic acids is 1. The molecule has 2 aromatic rings. The minimum atomic E-state index is -0.147. The fourth-order valence-corrected chi connectivity index (χ4v) is 2.48. The molecule has 0 saturated heterocycles. The number of ether oxygens (including phenoxy) is 1. The fraction of sp³-hybridized carbons (Fsp3) is 0.154. The molecule has 104 valence electrons. The van der Waals surface area contributed by atoms with E-state index in [1.54, 1.807) is 12.3 Å². The number of hydrogen-bond acceptors (Lipinski definition) is 6. The van der Waals surface area contributed by atoms with Gasteiger partial charge in [0.25, 0.3) is 0 Å². The predicted octanol–water partition coefficient (Wildman–Crippen LogP) is 2.40. The quantitative estimate of drug-likeness (QED) is 0.653. The van der Waals surface area contributed by atoms with Crippen LogP contribution in [0.5, 0.6) is 5.75 Å². The molecule has 3 N–H and O–H groups in total. The standard InChI is InChI=1S/C13H14N4O2S/c1-8(18)17-13-16-6-12(20-13)9-3-4-11(19-7-14)10(5-9)15-2/h3-6H,2,7,14H2,1H3,(H,16,17,18). The molecule has 1 aromatic heterocycles. The smallest absolute Gasteiger partial charge is 0.223 e. The maximum Gasteiger partial charge on any atom is 0.223 e. The van der Waals surface area contributed by atoms with Crippen LogP contribution in [0.25, 0.3) is 10.4 Å². The molecule has 1 heterocycles. The molecule has 7 heteroatoms. The molecule has 1 amide bonds. The van der Waals surface area contributed by atoms with Crippen molar-refractivity contribution in [2.75, 3.05) is 12.0 Å². The Morgan fingerprint density at radius 3 is 3.05 bits per heavy atom. The highest BCUT2D eigenvalue weighted by molar-refractivity contribution is 7.19. The van der Waals surface area contributed by atoms with Crippen LogP contribution in [0.3, 0.4) is 0 Å². The Hall–Kier alpha value is -2.25. The summed E-state index contributed by atoms with van der Waals surface area (Å²) in [6, 6.07) is 5.50. The molecular weight excluding hydrogens is 276 g/mol. The van der Waals surface area contributed by atoms with Crippen LogP contribution in [0.15, 0.2) is 29.4 Å². The average Bonchev–Trinajstić information content (AvgIpc) is 2.87. The van der Waals surface area contributed by atoms with Crippen molar-refractivity contribution in [1.82, 2.24) is 4.98 Å². The minimum absolute atomic E-state index is 0.0785. The topological polar surface area (TPSA) is 89.6 Å². The third kappa shape index (κ3) is 3.19. The molecule has 0 saturated carbocycles. The summed E-state index contributed by atoms with van der Waals surface area (Å²) in [4.78, 5) is 19.9. The number of anilines is 1. The van der Waals surface area contributed by atoms with E-state index in [1.807, 2.05) is 12.1 Å². The first-order valence-corrected chi connectivity index (χ1v) is 6.63. The SMILES string of the molecule is C=Nc1cc(-c2cnc(NC(C)=O)s2)ccc1OCN. The monoisotopic (exact) mass is 290 g/mol. The molecule has 20 heavy (non-hydrogen) atoms. The van der Waals surface area contributed by atoms with E-state index < -0.39 is 0 Å². The number of benzene rings is 1. The molecule has 2 rings (SSSR count). The van der Waals surface area contributed by atoms with Crippen LogP contribution < -0.4 is 15.8 Å². The largest absolute Gasteiger partial charge is 0.476 e. The van der Waals surface area contributed by atoms with E-state index in [0.717, 1.165) is 10.4 Å². The highest BCUT2D eigenvalue weighted by Crippen LogP contribution is 2.35. The first-order chi connectivity index (χ1) is 9.63. The van der Waals surface area contributed by atoms with Crippen molar-refractivity contribution in [3.05, 3.63) is 24.4 Å². The average molecular weight is 290 g/mol. The van der Waals surface area contributed by atoms with Crippen LogP contribution in [-0.4, -0.2) is 24.3 Å². The second-order valence-electron chi connectivity index (χ2n) is 3.86. The van der Waals surface area contributed by atoms with Crippen LogP contribution >= 0.6 is 11.3 Å². The van der Waals surface area contributed by atoms with Crippen molar-refractivity contribution in [2.24, 2.45) is 10.7 Å². The maximum atomic E-state index is 11.0. The van der Waals surface area contributed by atoms with E-state index in [1.165, 1.54) is 18.3 Å². The van der Waals surface area contributed by atoms with Crippen molar-refractivity contribution in [3.8, 4) is 16.2 Å². The molecule has 6 nitrogen and oxygen atoms in total. The van der Waals surface area contributed by atoms with E-state index in [4.69, 9.17) is 10.5 Å². The predicted molar refractivity (Wildman–Crippen MR) is 80.7 cm³/mol. The van der Waals surface area contributed by atoms with Crippen molar-refractivity contribution in [2.45, 2.75) is 6.92 Å². The zero-order chi connectivity index (χ0) is 14.5. The Bertz CT molecular complexity index is 639. The molecule has 0 fully saturated rings. The second-order valence-corrected chi connectivity index (χ2v) is 4.89. The van der Waals surface area contributed by atoms with Crippen LogP contribution in [0, 0.1) is 0 Å². The van der Waals surface area contributed by atoms with Crippen LogP contribution in [0.4, 0.5) is 10.8 Å². The molecule has 1 aromatic carbocycles. The van der Waals surface area contributed by atoms with Gasteiger partial charge < -0.3 is 10.1 Å². The summed E-state index contributed by atoms with van der Waals surface area (Å²) in [5, 5.41) is 3.20. The highest BCUT2D eigenvalue weighted by atomic mass is 32.1. The Kier molecular flexibility index (Phi) is 4.44. The van der Waals surface area contributed by atoms with Gasteiger partial charge in [-0.3, -0.25) is 15.5 Å². The van der Waals surface area contributed by atoms with Crippen LogP contribution in [0.1, 0.15) is 6.92 Å². The third-order valence-corrected chi connectivity index (χ3v) is 3.40. The molecule has 0 unspecified atom stereocenters. The number of nitrogens with one attached hydrogen (secondary N) is 1. The second kappa shape index (κ2) is 6.27. The maximum absolute atomic E-state index is 11.0. The van der Waals surface area contributed by atoms with E-state index in [2.05, 4.69) is 22.0 Å². The summed E-state index contributed by atoms with van der Waals surface area (Å²) in [6.07, 6.45) is 1.70. The summed E-state index contributed by atoms with van der Waals surface area (Å²) in [6.45, 7) is 5.04. The Balaban J connectivity index is 2.30. The lowest BCUT2D eigenvalue weighted by Crippen LogP contribution is -2.07. The zero-order valence-corrected chi connectivity index (χ0v) is 11.7. The van der Waals surface area contributed by atoms with Crippen molar-refractivity contribution < 1.29 is 9.53 Å². The summed E-state index contributed by atoms with van der Waals surface area (Å²) in [5.74, 6) is 0.434. The number of rotatable bonds is 5. The van der Waals surface area contributed by atoms with E-state index >= 15 is 0 Å². The normalized spacial score (nSPS) is 10.1. The number of thiazole rings is 1. The first-order valence-electron chi connectivity index (χ1n) is 5.81. The lowest BCUT2D eigenvalue weighted by atomic mass is 10.1. The lowest BCUT2D eigenvalue weighted by Gasteiger charge is -2.07. The molecule has 0 spiro atoms. The Morgan fingerprint density at radius 2 is 2.40 bits per heavy atom. The van der Waals surface area contributed by atoms with Gasteiger partial charge in [0.2, 0.25) is 5.91 Å². The van der Waals surface area contributed by atoms with Gasteiger partial charge in [0.15, 0.2) is 5.13 Å². The van der Waals surface area contributed by atoms with Crippen molar-refractivity contribution in [1.29, 1.82) is 0 Å². The number of nitrogens with zero attached hydrogens (tertiary/aromatic N) is 2. The molecular formula is C13H14N4O2S. The fourth-order valence-electron chi connectivity index (χ4n) is 1.62. The molecule has 0 bridgehead atoms. The van der Waals surface area contributed by atoms with Gasteiger partial charge in [-0.1, -0.05) is 11.3 Å². The number of amides is 1. The molecule has 0 aliphatic rings. The number of aromatic nitrogens is 1. The van der Waals surface area contributed by atoms with Gasteiger partial charge >= 0.3 is 0 Å². The third-order valence-electron chi connectivity index (χ3n) is 2.44. The number of hydrogen-bond donors (Lipinski definition) is 2. The van der Waals surface area contributed by atoms with Crippen molar-refractivity contribution in [3.63, 3.8) is 0 Å². The van der Waals surface area contributed by atoms with Gasteiger partial charge in [-0.15, -0.1) is 0 Å². The van der Waals surface area contributed by atoms with Crippen LogP contribution in [-0.2, 0) is 4.79 Å². The van der Waals surface area contributed by atoms with Crippen LogP contribution in [0.2, 0.25) is 0 Å². The summed E-state index contributed by atoms with van der Waals surface area (Å²) in [7, 11) is 0. The summed E-state index contributed by atoms with van der Waals surface area (Å²) >= 11 is 1.38. The number of carbonyl (C=O) groups is 1. The lowest BCUT2D eigenvalue weighted by molar-refractivity contribution is -0.114. The van der Waals surface area contributed by atoms with E-state index in [9.17, 15) is 4.79 Å². The molecule has 0 radical (unpaired) electrons.